The van der Waals surface area contributed by atoms with Crippen LogP contribution in [0.1, 0.15) is 10.4 Å². The monoisotopic (exact) mass is 444 g/mol. The molecule has 0 radical (unpaired) electrons. The minimum atomic E-state index is -4.26. The number of amides is 1. The molecule has 2 aromatic carbocycles. The molecule has 10 heteroatoms. The Bertz CT molecular complexity index is 1080. The first-order valence-corrected chi connectivity index (χ1v) is 9.71. The number of hydrogen-bond acceptors (Lipinski definition) is 5. The second-order valence-corrected chi connectivity index (χ2v) is 7.69. The van der Waals surface area contributed by atoms with Crippen molar-refractivity contribution < 1.29 is 47.5 Å². The molecular formula is C18H11Cl2N2NaO4S. The summed E-state index contributed by atoms with van der Waals surface area (Å²) in [6, 6.07) is 15.6. The van der Waals surface area contributed by atoms with Gasteiger partial charge >= 0.3 is 29.6 Å². The van der Waals surface area contributed by atoms with Crippen molar-refractivity contribution in [3.05, 3.63) is 87.2 Å². The zero-order valence-electron chi connectivity index (χ0n) is 14.5. The summed E-state index contributed by atoms with van der Waals surface area (Å²) < 4.78 is 33.4. The van der Waals surface area contributed by atoms with Gasteiger partial charge in [0.15, 0.2) is 0 Å². The van der Waals surface area contributed by atoms with E-state index in [1.165, 1.54) is 30.3 Å². The van der Waals surface area contributed by atoms with E-state index in [1.54, 1.807) is 24.3 Å². The number of carbonyl (C=O) groups is 1. The topological polar surface area (TPSA) is 87.4 Å². The normalized spacial score (nSPS) is 10.6. The van der Waals surface area contributed by atoms with Crippen molar-refractivity contribution in [1.82, 2.24) is 4.98 Å². The standard InChI is InChI=1S/C18H12Cl2N2O4S.Na/c19-12-6-8-15(16(20)10-12)18(23)22-27(24,25)14-7-9-17(21-11-14)26-13-4-2-1-3-5-13;/h1-11H,(H,22,23);/q;+1/p-1. The first-order valence-electron chi connectivity index (χ1n) is 7.51. The first kappa shape index (κ1) is 22.7. The average Bonchev–Trinajstić information content (AvgIpc) is 2.62. The smallest absolute Gasteiger partial charge is 0.537 e. The Balaban J connectivity index is 0.00000280. The van der Waals surface area contributed by atoms with Crippen LogP contribution in [0.3, 0.4) is 0 Å². The fraction of sp³-hybridized carbons (Fsp3) is 0. The molecule has 0 aliphatic rings. The molecule has 0 saturated carbocycles. The van der Waals surface area contributed by atoms with Crippen LogP contribution in [0.2, 0.25) is 10.0 Å². The zero-order chi connectivity index (χ0) is 19.4. The van der Waals surface area contributed by atoms with Crippen molar-refractivity contribution in [2.45, 2.75) is 4.90 Å². The van der Waals surface area contributed by atoms with E-state index < -0.39 is 15.9 Å². The molecule has 28 heavy (non-hydrogen) atoms. The fourth-order valence-corrected chi connectivity index (χ4v) is 3.40. The Kier molecular flexibility index (Phi) is 7.88. The number of para-hydroxylation sites is 1. The van der Waals surface area contributed by atoms with E-state index in [0.29, 0.717) is 10.8 Å². The van der Waals surface area contributed by atoms with Crippen molar-refractivity contribution in [3.63, 3.8) is 0 Å². The van der Waals surface area contributed by atoms with Gasteiger partial charge in [0.25, 0.3) is 0 Å². The third kappa shape index (κ3) is 5.70. The van der Waals surface area contributed by atoms with Crippen LogP contribution in [0.15, 0.2) is 71.8 Å². The first-order chi connectivity index (χ1) is 12.8. The quantitative estimate of drug-likeness (QED) is 0.562. The molecule has 0 fully saturated rings. The van der Waals surface area contributed by atoms with Crippen LogP contribution in [0, 0.1) is 0 Å². The molecule has 138 valence electrons. The summed E-state index contributed by atoms with van der Waals surface area (Å²) in [5.74, 6) is -0.244. The minimum absolute atomic E-state index is 0. The van der Waals surface area contributed by atoms with Gasteiger partial charge in [-0.2, -0.15) is 0 Å². The molecule has 6 nitrogen and oxygen atoms in total. The summed E-state index contributed by atoms with van der Waals surface area (Å²) in [4.78, 5) is 15.8. The van der Waals surface area contributed by atoms with Gasteiger partial charge in [-0.05, 0) is 36.4 Å². The Hall–Kier alpha value is -1.61. The van der Waals surface area contributed by atoms with Gasteiger partial charge in [-0.3, -0.25) is 0 Å². The van der Waals surface area contributed by atoms with Gasteiger partial charge < -0.3 is 14.3 Å². The zero-order valence-corrected chi connectivity index (χ0v) is 18.9. The van der Waals surface area contributed by atoms with Gasteiger partial charge in [-0.1, -0.05) is 41.4 Å². The molecule has 0 unspecified atom stereocenters. The van der Waals surface area contributed by atoms with Crippen molar-refractivity contribution in [2.24, 2.45) is 0 Å². The maximum Gasteiger partial charge on any atom is 1.00 e. The molecule has 1 heterocycles. The number of pyridine rings is 1. The van der Waals surface area contributed by atoms with E-state index >= 15 is 0 Å². The van der Waals surface area contributed by atoms with Crippen LogP contribution < -0.4 is 34.3 Å². The Labute approximate surface area is 194 Å². The van der Waals surface area contributed by atoms with Gasteiger partial charge in [-0.15, -0.1) is 0 Å². The predicted octanol–water partition coefficient (Wildman–Crippen LogP) is 2.09. The number of hydrogen-bond donors (Lipinski definition) is 0. The third-order valence-electron chi connectivity index (χ3n) is 3.34. The minimum Gasteiger partial charge on any atom is -0.537 e. The number of aromatic nitrogens is 1. The SMILES string of the molecule is O=C([N-]S(=O)(=O)c1ccc(Oc2ccccc2)nc1)c1ccc(Cl)cc1Cl.[Na+]. The van der Waals surface area contributed by atoms with Gasteiger partial charge in [0, 0.05) is 22.8 Å². The van der Waals surface area contributed by atoms with Gasteiger partial charge in [-0.25, -0.2) is 13.4 Å². The van der Waals surface area contributed by atoms with E-state index in [2.05, 4.69) is 9.71 Å². The summed E-state index contributed by atoms with van der Waals surface area (Å²) in [6.07, 6.45) is 1.06. The molecule has 0 bridgehead atoms. The van der Waals surface area contributed by atoms with Gasteiger partial charge in [0.05, 0.1) is 15.8 Å². The summed E-state index contributed by atoms with van der Waals surface area (Å²) >= 11 is 11.7. The molecule has 0 aliphatic carbocycles. The van der Waals surface area contributed by atoms with Crippen LogP contribution in [-0.2, 0) is 10.0 Å². The number of nitrogens with zero attached hydrogens (tertiary/aromatic N) is 2. The number of ether oxygens (including phenoxy) is 1. The maximum absolute atomic E-state index is 12.3. The van der Waals surface area contributed by atoms with Crippen molar-refractivity contribution in [3.8, 4) is 11.6 Å². The summed E-state index contributed by atoms with van der Waals surface area (Å²) in [5, 5.41) is 0.328. The van der Waals surface area contributed by atoms with Crippen molar-refractivity contribution >= 4 is 39.1 Å². The molecule has 0 saturated heterocycles. The van der Waals surface area contributed by atoms with Gasteiger partial charge in [0.2, 0.25) is 5.88 Å². The molecular weight excluding hydrogens is 434 g/mol. The van der Waals surface area contributed by atoms with Gasteiger partial charge in [0.1, 0.15) is 15.8 Å². The number of rotatable bonds is 5. The summed E-state index contributed by atoms with van der Waals surface area (Å²) in [5.41, 5.74) is -0.0679. The average molecular weight is 445 g/mol. The molecule has 3 rings (SSSR count). The number of carbonyl (C=O) groups excluding carboxylic acids is 1. The van der Waals surface area contributed by atoms with Crippen LogP contribution >= 0.6 is 23.2 Å². The largest absolute Gasteiger partial charge is 1.00 e. The predicted molar refractivity (Wildman–Crippen MR) is 102 cm³/mol. The molecule has 1 aromatic heterocycles. The third-order valence-corrected chi connectivity index (χ3v) is 5.13. The van der Waals surface area contributed by atoms with Crippen molar-refractivity contribution in [2.75, 3.05) is 0 Å². The molecule has 0 spiro atoms. The molecule has 3 aromatic rings. The molecule has 0 N–H and O–H groups in total. The van der Waals surface area contributed by atoms with Crippen LogP contribution in [0.25, 0.3) is 4.72 Å². The van der Waals surface area contributed by atoms with E-state index in [-0.39, 0.29) is 50.9 Å². The molecule has 0 atom stereocenters. The summed E-state index contributed by atoms with van der Waals surface area (Å²) in [7, 11) is -4.26. The van der Waals surface area contributed by atoms with Crippen molar-refractivity contribution in [1.29, 1.82) is 0 Å². The van der Waals surface area contributed by atoms with E-state index in [4.69, 9.17) is 27.9 Å². The second-order valence-electron chi connectivity index (χ2n) is 5.24. The van der Waals surface area contributed by atoms with Crippen LogP contribution in [-0.4, -0.2) is 19.3 Å². The maximum atomic E-state index is 12.3. The molecule has 1 amide bonds. The van der Waals surface area contributed by atoms with E-state index in [9.17, 15) is 13.2 Å². The van der Waals surface area contributed by atoms with Crippen LogP contribution in [0.5, 0.6) is 11.6 Å². The number of halogens is 2. The Morgan fingerprint density at radius 3 is 2.32 bits per heavy atom. The van der Waals surface area contributed by atoms with E-state index in [1.807, 2.05) is 6.07 Å². The number of benzene rings is 2. The van der Waals surface area contributed by atoms with E-state index in [0.717, 1.165) is 6.20 Å². The molecule has 0 aliphatic heterocycles. The number of sulfonamides is 1. The second kappa shape index (κ2) is 9.73. The van der Waals surface area contributed by atoms with Crippen LogP contribution in [0.4, 0.5) is 0 Å². The fourth-order valence-electron chi connectivity index (χ4n) is 2.06. The Morgan fingerprint density at radius 1 is 1.00 bits per heavy atom. The Morgan fingerprint density at radius 2 is 1.71 bits per heavy atom. The summed E-state index contributed by atoms with van der Waals surface area (Å²) in [6.45, 7) is 0.